The molecular weight excluding hydrogens is 681 g/mol. The van der Waals surface area contributed by atoms with Gasteiger partial charge in [-0.25, -0.2) is 29.9 Å². The van der Waals surface area contributed by atoms with E-state index < -0.39 is 31.8 Å². The highest BCUT2D eigenvalue weighted by Crippen LogP contribution is 2.46. The van der Waals surface area contributed by atoms with E-state index in [1.54, 1.807) is 53.9 Å². The maximum absolute atomic E-state index is 14.9. The van der Waals surface area contributed by atoms with Crippen molar-refractivity contribution in [3.05, 3.63) is 123 Å². The van der Waals surface area contributed by atoms with Crippen LogP contribution in [0.5, 0.6) is 0 Å². The van der Waals surface area contributed by atoms with Crippen molar-refractivity contribution in [2.24, 2.45) is 0 Å². The van der Waals surface area contributed by atoms with Crippen LogP contribution in [0.15, 0.2) is 101 Å². The first kappa shape index (κ1) is 32.2. The van der Waals surface area contributed by atoms with E-state index >= 15 is 0 Å². The number of aromatic nitrogens is 1. The molecule has 8 nitrogen and oxygen atoms in total. The molecule has 1 amide bonds. The van der Waals surface area contributed by atoms with E-state index in [1.165, 1.54) is 57.8 Å². The van der Waals surface area contributed by atoms with Crippen molar-refractivity contribution in [3.63, 3.8) is 0 Å². The molecule has 0 aliphatic heterocycles. The van der Waals surface area contributed by atoms with Gasteiger partial charge in [-0.2, -0.15) is 5.26 Å². The van der Waals surface area contributed by atoms with Crippen LogP contribution in [0.4, 0.5) is 4.39 Å². The predicted molar refractivity (Wildman–Crippen MR) is 182 cm³/mol. The second-order valence-corrected chi connectivity index (χ2v) is 15.6. The molecule has 0 bridgehead atoms. The second kappa shape index (κ2) is 12.1. The number of carbonyl (C=O) groups is 1. The number of carbonyl (C=O) groups excluding carboxylic acids is 1. The first-order chi connectivity index (χ1) is 22.3. The molecule has 6 aromatic rings. The summed E-state index contributed by atoms with van der Waals surface area (Å²) in [5, 5.41) is 12.1. The minimum atomic E-state index is -4.28. The van der Waals surface area contributed by atoms with Crippen molar-refractivity contribution in [1.82, 2.24) is 8.69 Å². The van der Waals surface area contributed by atoms with E-state index in [4.69, 9.17) is 11.6 Å². The number of hydrogen-bond donors (Lipinski definition) is 1. The van der Waals surface area contributed by atoms with Gasteiger partial charge in [-0.05, 0) is 72.5 Å². The van der Waals surface area contributed by atoms with Crippen LogP contribution < -0.4 is 4.72 Å². The van der Waals surface area contributed by atoms with Crippen LogP contribution in [0.1, 0.15) is 20.8 Å². The smallest absolute Gasteiger partial charge is 0.268 e. The lowest BCUT2D eigenvalue weighted by Gasteiger charge is -2.15. The number of thiophene rings is 1. The molecule has 2 heterocycles. The molecule has 0 unspecified atom stereocenters. The summed E-state index contributed by atoms with van der Waals surface area (Å²) < 4.78 is 70.0. The highest BCUT2D eigenvalue weighted by atomic mass is 35.5. The number of nitrogens with one attached hydrogen (secondary N) is 1. The molecule has 1 N–H and O–H groups in total. The number of nitriles is 1. The van der Waals surface area contributed by atoms with E-state index in [9.17, 15) is 31.3 Å². The van der Waals surface area contributed by atoms with Gasteiger partial charge in [0.1, 0.15) is 16.8 Å². The summed E-state index contributed by atoms with van der Waals surface area (Å²) in [6.45, 7) is 1.84. The Morgan fingerprint density at radius 1 is 0.915 bits per heavy atom. The first-order valence-electron chi connectivity index (χ1n) is 13.8. The SMILES string of the molecule is Cc1ccc(S(=O)(=O)n2c(-c3cccc(-c4ccc(C(=O)NS(C)(=O)=O)cc4Cl)c3)c(-c3ccsc3C#N)c3cc(F)ccc32)cc1. The molecule has 0 spiro atoms. The minimum absolute atomic E-state index is 0.0186. The van der Waals surface area contributed by atoms with Crippen molar-refractivity contribution >= 4 is 59.8 Å². The average molecular weight is 704 g/mol. The van der Waals surface area contributed by atoms with E-state index in [0.29, 0.717) is 38.1 Å². The molecule has 13 heteroatoms. The number of benzene rings is 4. The Balaban J connectivity index is 1.64. The normalized spacial score (nSPS) is 11.8. The number of fused-ring (bicyclic) bond motifs is 1. The third-order valence-electron chi connectivity index (χ3n) is 7.44. The van der Waals surface area contributed by atoms with Crippen molar-refractivity contribution in [2.45, 2.75) is 11.8 Å². The Kier molecular flexibility index (Phi) is 8.27. The molecule has 0 fully saturated rings. The maximum atomic E-state index is 14.9. The van der Waals surface area contributed by atoms with E-state index in [-0.39, 0.29) is 26.7 Å². The van der Waals surface area contributed by atoms with Gasteiger partial charge in [-0.1, -0.05) is 53.6 Å². The van der Waals surface area contributed by atoms with E-state index in [1.807, 2.05) is 11.6 Å². The fourth-order valence-electron chi connectivity index (χ4n) is 5.38. The summed E-state index contributed by atoms with van der Waals surface area (Å²) in [5.74, 6) is -1.43. The van der Waals surface area contributed by atoms with Crippen molar-refractivity contribution in [3.8, 4) is 39.6 Å². The lowest BCUT2D eigenvalue weighted by Crippen LogP contribution is -2.29. The molecule has 0 saturated heterocycles. The molecule has 0 aliphatic carbocycles. The van der Waals surface area contributed by atoms with Crippen LogP contribution in [-0.2, 0) is 20.0 Å². The molecule has 6 rings (SSSR count). The molecule has 0 aliphatic rings. The van der Waals surface area contributed by atoms with Crippen LogP contribution in [0.2, 0.25) is 5.02 Å². The summed E-state index contributed by atoms with van der Waals surface area (Å²) in [7, 11) is -8.08. The lowest BCUT2D eigenvalue weighted by molar-refractivity contribution is 0.0981. The summed E-state index contributed by atoms with van der Waals surface area (Å²) >= 11 is 7.78. The maximum Gasteiger partial charge on any atom is 0.268 e. The van der Waals surface area contributed by atoms with Crippen LogP contribution in [0, 0.1) is 24.1 Å². The highest BCUT2D eigenvalue weighted by Gasteiger charge is 2.30. The Hall–Kier alpha value is -4.80. The van der Waals surface area contributed by atoms with Gasteiger partial charge in [0.15, 0.2) is 0 Å². The van der Waals surface area contributed by atoms with Gasteiger partial charge in [0.2, 0.25) is 10.0 Å². The molecular formula is C34H23ClFN3O5S3. The number of amides is 1. The van der Waals surface area contributed by atoms with Crippen LogP contribution in [0.25, 0.3) is 44.4 Å². The number of aryl methyl sites for hydroxylation is 1. The zero-order valence-electron chi connectivity index (χ0n) is 24.7. The molecule has 236 valence electrons. The summed E-state index contributed by atoms with van der Waals surface area (Å²) in [5.41, 5.74) is 3.59. The van der Waals surface area contributed by atoms with E-state index in [2.05, 4.69) is 6.07 Å². The highest BCUT2D eigenvalue weighted by molar-refractivity contribution is 7.90. The van der Waals surface area contributed by atoms with Gasteiger partial charge in [-0.3, -0.25) is 4.79 Å². The van der Waals surface area contributed by atoms with Gasteiger partial charge in [0.25, 0.3) is 15.9 Å². The predicted octanol–water partition coefficient (Wildman–Crippen LogP) is 7.60. The minimum Gasteiger partial charge on any atom is -0.268 e. The van der Waals surface area contributed by atoms with Crippen LogP contribution in [0.3, 0.4) is 0 Å². The van der Waals surface area contributed by atoms with Gasteiger partial charge in [0.05, 0.1) is 22.4 Å². The Morgan fingerprint density at radius 2 is 1.64 bits per heavy atom. The Labute approximate surface area is 279 Å². The topological polar surface area (TPSA) is 126 Å². The lowest BCUT2D eigenvalue weighted by atomic mass is 9.96. The molecule has 47 heavy (non-hydrogen) atoms. The molecule has 2 aromatic heterocycles. The monoisotopic (exact) mass is 703 g/mol. The Bertz CT molecular complexity index is 2500. The van der Waals surface area contributed by atoms with E-state index in [0.717, 1.165) is 11.8 Å². The molecule has 0 saturated carbocycles. The van der Waals surface area contributed by atoms with Gasteiger partial charge < -0.3 is 0 Å². The van der Waals surface area contributed by atoms with Crippen LogP contribution in [-0.4, -0.2) is 33.0 Å². The Morgan fingerprint density at radius 3 is 2.32 bits per heavy atom. The third-order valence-corrected chi connectivity index (χ3v) is 10.9. The zero-order chi connectivity index (χ0) is 33.7. The van der Waals surface area contributed by atoms with Crippen molar-refractivity contribution < 1.29 is 26.0 Å². The van der Waals surface area contributed by atoms with Gasteiger partial charge >= 0.3 is 0 Å². The van der Waals surface area contributed by atoms with Gasteiger partial charge in [-0.15, -0.1) is 11.3 Å². The average Bonchev–Trinajstić information content (AvgIpc) is 3.62. The second-order valence-electron chi connectivity index (χ2n) is 10.7. The largest absolute Gasteiger partial charge is 0.268 e. The zero-order valence-corrected chi connectivity index (χ0v) is 27.9. The number of rotatable bonds is 7. The number of hydrogen-bond acceptors (Lipinski definition) is 7. The first-order valence-corrected chi connectivity index (χ1v) is 18.4. The molecule has 0 radical (unpaired) electrons. The fourth-order valence-corrected chi connectivity index (χ4v) is 8.36. The molecule has 0 atom stereocenters. The number of halogens is 2. The van der Waals surface area contributed by atoms with Crippen molar-refractivity contribution in [1.29, 1.82) is 5.26 Å². The summed E-state index contributed by atoms with van der Waals surface area (Å²) in [6, 6.07) is 25.3. The number of sulfonamides is 1. The fraction of sp³-hybridized carbons (Fsp3) is 0.0588. The van der Waals surface area contributed by atoms with Crippen molar-refractivity contribution in [2.75, 3.05) is 6.26 Å². The van der Waals surface area contributed by atoms with Crippen LogP contribution >= 0.6 is 22.9 Å². The molecule has 4 aromatic carbocycles. The number of nitrogens with zero attached hydrogens (tertiary/aromatic N) is 2. The third kappa shape index (κ3) is 6.06. The standard InChI is InChI=1S/C34H23ClFN3O5S3/c1-20-6-10-25(11-7-20)47(43,44)39-30-13-9-24(36)18-28(30)32(27-14-15-45-31(27)19-37)33(39)22-5-3-4-21(16-22)26-12-8-23(17-29(26)35)34(40)38-46(2,41)42/h3-18H,1-2H3,(H,38,40). The van der Waals surface area contributed by atoms with Gasteiger partial charge in [0, 0.05) is 38.2 Å². The summed E-state index contributed by atoms with van der Waals surface area (Å²) in [6.07, 6.45) is 0.864. The quantitative estimate of drug-likeness (QED) is 0.183. The summed E-state index contributed by atoms with van der Waals surface area (Å²) in [4.78, 5) is 12.8.